The highest BCUT2D eigenvalue weighted by Gasteiger charge is 2.40. The van der Waals surface area contributed by atoms with Gasteiger partial charge in [-0.3, -0.25) is 14.6 Å². The lowest BCUT2D eigenvalue weighted by Gasteiger charge is -2.31. The van der Waals surface area contributed by atoms with E-state index in [1.165, 1.54) is 18.3 Å². The molecule has 2 aromatic heterocycles. The lowest BCUT2D eigenvalue weighted by molar-refractivity contribution is -0.147. The van der Waals surface area contributed by atoms with Gasteiger partial charge in [0.05, 0.1) is 15.2 Å². The summed E-state index contributed by atoms with van der Waals surface area (Å²) in [7, 11) is 0. The Bertz CT molecular complexity index is 1270. The van der Waals surface area contributed by atoms with E-state index in [0.717, 1.165) is 45.2 Å². The third-order valence-corrected chi connectivity index (χ3v) is 9.01. The summed E-state index contributed by atoms with van der Waals surface area (Å²) in [5.41, 5.74) is 2.16. The molecule has 0 spiro atoms. The number of aromatic nitrogens is 1. The molecule has 1 aliphatic rings. The number of carboxylic acid groups (broad SMARTS) is 1. The Morgan fingerprint density at radius 1 is 1.25 bits per heavy atom. The standard InChI is InChI=1S/C28H32N2O4S2/c1-6-21-16-30(36-25-14-29-12-11-22(25)34-21)15-20-13-19(8-7-17(20)2)26(28(4,5)27(32)33)24-10-9-23(35-24)18(3)31/h7-14,21,26H,6,15-16H2,1-5H3,(H,32,33)/t21-,26?/m1/s1. The zero-order chi connectivity index (χ0) is 26.0. The Hall–Kier alpha value is -2.68. The van der Waals surface area contributed by atoms with Crippen molar-refractivity contribution in [3.05, 3.63) is 75.2 Å². The first kappa shape index (κ1) is 26.4. The number of Topliss-reactive ketones (excluding diaryl/α,β-unsaturated/α-hetero) is 1. The van der Waals surface area contributed by atoms with Crippen LogP contribution in [0.5, 0.6) is 5.75 Å². The van der Waals surface area contributed by atoms with Gasteiger partial charge in [-0.05, 0) is 81.0 Å². The van der Waals surface area contributed by atoms with Crippen LogP contribution in [-0.4, -0.2) is 38.8 Å². The molecule has 3 aromatic rings. The van der Waals surface area contributed by atoms with E-state index in [2.05, 4.69) is 35.3 Å². The number of carbonyl (C=O) groups excluding carboxylic acids is 1. The average Bonchev–Trinajstić information content (AvgIpc) is 3.23. The monoisotopic (exact) mass is 524 g/mol. The number of rotatable bonds is 8. The molecule has 4 rings (SSSR count). The first-order chi connectivity index (χ1) is 17.1. The molecule has 0 aliphatic carbocycles. The predicted octanol–water partition coefficient (Wildman–Crippen LogP) is 6.58. The Kier molecular flexibility index (Phi) is 7.87. The van der Waals surface area contributed by atoms with Crippen LogP contribution in [0.25, 0.3) is 0 Å². The number of pyridine rings is 1. The van der Waals surface area contributed by atoms with Crippen molar-refractivity contribution >= 4 is 35.0 Å². The maximum atomic E-state index is 12.3. The fourth-order valence-electron chi connectivity index (χ4n) is 4.45. The molecule has 0 bridgehead atoms. The van der Waals surface area contributed by atoms with Gasteiger partial charge in [-0.1, -0.05) is 25.1 Å². The zero-order valence-corrected chi connectivity index (χ0v) is 22.9. The number of fused-ring (bicyclic) bond motifs is 1. The number of aliphatic carboxylic acids is 1. The number of nitrogens with zero attached hydrogens (tertiary/aromatic N) is 2. The lowest BCUT2D eigenvalue weighted by atomic mass is 9.73. The van der Waals surface area contributed by atoms with Crippen LogP contribution in [0.1, 0.15) is 71.3 Å². The van der Waals surface area contributed by atoms with E-state index in [-0.39, 0.29) is 17.8 Å². The second-order valence-electron chi connectivity index (χ2n) is 9.79. The number of carbonyl (C=O) groups is 2. The van der Waals surface area contributed by atoms with Crippen LogP contribution in [0.2, 0.25) is 0 Å². The quantitative estimate of drug-likeness (QED) is 0.263. The molecule has 1 unspecified atom stereocenters. The van der Waals surface area contributed by atoms with Gasteiger partial charge in [0, 0.05) is 36.3 Å². The number of ketones is 1. The van der Waals surface area contributed by atoms with Crippen LogP contribution in [0, 0.1) is 12.3 Å². The maximum Gasteiger partial charge on any atom is 0.310 e. The highest BCUT2D eigenvalue weighted by Crippen LogP contribution is 2.45. The molecule has 2 atom stereocenters. The minimum Gasteiger partial charge on any atom is -0.488 e. The van der Waals surface area contributed by atoms with E-state index in [9.17, 15) is 14.7 Å². The van der Waals surface area contributed by atoms with Gasteiger partial charge in [0.15, 0.2) is 5.78 Å². The third-order valence-electron chi connectivity index (χ3n) is 6.71. The second-order valence-corrected chi connectivity index (χ2v) is 12.0. The molecule has 1 N–H and O–H groups in total. The van der Waals surface area contributed by atoms with Gasteiger partial charge >= 0.3 is 5.97 Å². The van der Waals surface area contributed by atoms with Crippen LogP contribution in [0.15, 0.2) is 53.7 Å². The molecule has 0 amide bonds. The van der Waals surface area contributed by atoms with E-state index in [1.54, 1.807) is 38.1 Å². The van der Waals surface area contributed by atoms with Crippen molar-refractivity contribution in [1.82, 2.24) is 9.29 Å². The molecule has 1 aliphatic heterocycles. The van der Waals surface area contributed by atoms with Crippen molar-refractivity contribution in [2.75, 3.05) is 6.54 Å². The second kappa shape index (κ2) is 10.7. The van der Waals surface area contributed by atoms with Gasteiger partial charge in [-0.25, -0.2) is 4.31 Å². The SMILES string of the molecule is CC[C@@H]1CN(Cc2cc(C(c3ccc(C(C)=O)s3)C(C)(C)C(=O)O)ccc2C)Sc2cnccc2O1. The van der Waals surface area contributed by atoms with E-state index in [4.69, 9.17) is 4.74 Å². The van der Waals surface area contributed by atoms with Crippen molar-refractivity contribution in [3.8, 4) is 5.75 Å². The third kappa shape index (κ3) is 5.51. The van der Waals surface area contributed by atoms with Gasteiger partial charge in [-0.2, -0.15) is 0 Å². The first-order valence-corrected chi connectivity index (χ1v) is 13.7. The Morgan fingerprint density at radius 2 is 2.03 bits per heavy atom. The fraction of sp³-hybridized carbons (Fsp3) is 0.393. The summed E-state index contributed by atoms with van der Waals surface area (Å²) in [6.07, 6.45) is 4.55. The number of aryl methyl sites for hydroxylation is 1. The average molecular weight is 525 g/mol. The Balaban J connectivity index is 1.71. The highest BCUT2D eigenvalue weighted by molar-refractivity contribution is 7.97. The van der Waals surface area contributed by atoms with E-state index < -0.39 is 11.4 Å². The normalized spacial score (nSPS) is 17.1. The van der Waals surface area contributed by atoms with Gasteiger partial charge in [0.1, 0.15) is 11.9 Å². The van der Waals surface area contributed by atoms with E-state index >= 15 is 0 Å². The maximum absolute atomic E-state index is 12.3. The van der Waals surface area contributed by atoms with Crippen LogP contribution < -0.4 is 4.74 Å². The lowest BCUT2D eigenvalue weighted by Crippen LogP contribution is -2.32. The molecule has 0 radical (unpaired) electrons. The van der Waals surface area contributed by atoms with E-state index in [0.29, 0.717) is 11.4 Å². The fourth-order valence-corrected chi connectivity index (χ4v) is 6.71. The topological polar surface area (TPSA) is 79.7 Å². The largest absolute Gasteiger partial charge is 0.488 e. The van der Waals surface area contributed by atoms with Crippen LogP contribution in [-0.2, 0) is 11.3 Å². The number of hydrogen-bond acceptors (Lipinski definition) is 7. The molecular formula is C28H32N2O4S2. The summed E-state index contributed by atoms with van der Waals surface area (Å²) < 4.78 is 8.52. The van der Waals surface area contributed by atoms with Crippen molar-refractivity contribution in [3.63, 3.8) is 0 Å². The van der Waals surface area contributed by atoms with Gasteiger partial charge < -0.3 is 9.84 Å². The molecule has 1 aromatic carbocycles. The number of ether oxygens (including phenoxy) is 1. The summed E-state index contributed by atoms with van der Waals surface area (Å²) in [6.45, 7) is 10.7. The van der Waals surface area contributed by atoms with Crippen LogP contribution in [0.3, 0.4) is 0 Å². The van der Waals surface area contributed by atoms with Crippen molar-refractivity contribution in [1.29, 1.82) is 0 Å². The van der Waals surface area contributed by atoms with E-state index in [1.807, 2.05) is 24.4 Å². The Morgan fingerprint density at radius 3 is 2.69 bits per heavy atom. The molecule has 6 nitrogen and oxygen atoms in total. The minimum atomic E-state index is -1.06. The summed E-state index contributed by atoms with van der Waals surface area (Å²) in [4.78, 5) is 31.1. The summed E-state index contributed by atoms with van der Waals surface area (Å²) in [5.74, 6) is -0.413. The number of benzene rings is 1. The Labute approximate surface area is 220 Å². The smallest absolute Gasteiger partial charge is 0.310 e. The first-order valence-electron chi connectivity index (χ1n) is 12.1. The molecule has 36 heavy (non-hydrogen) atoms. The van der Waals surface area contributed by atoms with Crippen molar-refractivity contribution in [2.45, 2.75) is 64.5 Å². The van der Waals surface area contributed by atoms with Crippen molar-refractivity contribution in [2.24, 2.45) is 5.41 Å². The molecular weight excluding hydrogens is 492 g/mol. The zero-order valence-electron chi connectivity index (χ0n) is 21.3. The van der Waals surface area contributed by atoms with Gasteiger partial charge in [-0.15, -0.1) is 11.3 Å². The van der Waals surface area contributed by atoms with Crippen molar-refractivity contribution < 1.29 is 19.4 Å². The molecule has 0 saturated heterocycles. The molecule has 0 saturated carbocycles. The number of thiophene rings is 1. The van der Waals surface area contributed by atoms with Crippen LogP contribution in [0.4, 0.5) is 0 Å². The summed E-state index contributed by atoms with van der Waals surface area (Å²) >= 11 is 3.03. The van der Waals surface area contributed by atoms with Gasteiger partial charge in [0.2, 0.25) is 0 Å². The molecule has 3 heterocycles. The molecule has 8 heteroatoms. The van der Waals surface area contributed by atoms with Gasteiger partial charge in [0.25, 0.3) is 0 Å². The highest BCUT2D eigenvalue weighted by atomic mass is 32.2. The van der Waals surface area contributed by atoms with Crippen LogP contribution >= 0.6 is 23.3 Å². The predicted molar refractivity (Wildman–Crippen MR) is 144 cm³/mol. The summed E-state index contributed by atoms with van der Waals surface area (Å²) in [6, 6.07) is 11.8. The number of hydrogen-bond donors (Lipinski definition) is 1. The molecule has 0 fully saturated rings. The molecule has 190 valence electrons. The minimum absolute atomic E-state index is 0.0108. The number of carboxylic acids is 1. The summed E-state index contributed by atoms with van der Waals surface area (Å²) in [5, 5.41) is 10.1.